The van der Waals surface area contributed by atoms with Crippen LogP contribution in [0.1, 0.15) is 40.5 Å². The molecule has 0 saturated carbocycles. The van der Waals surface area contributed by atoms with Gasteiger partial charge in [0.25, 0.3) is 0 Å². The molecule has 0 fully saturated rings. The number of benzene rings is 2. The maximum absolute atomic E-state index is 10.8. The van der Waals surface area contributed by atoms with Gasteiger partial charge in [0.15, 0.2) is 0 Å². The lowest BCUT2D eigenvalue weighted by Gasteiger charge is -2.16. The molecular weight excluding hydrogens is 392 g/mol. The van der Waals surface area contributed by atoms with Gasteiger partial charge >= 0.3 is 5.97 Å². The van der Waals surface area contributed by atoms with Crippen LogP contribution >= 0.6 is 11.3 Å². The minimum absolute atomic E-state index is 0.858. The summed E-state index contributed by atoms with van der Waals surface area (Å²) in [6.45, 7) is 4.34. The molecule has 0 aliphatic carbocycles. The van der Waals surface area contributed by atoms with Gasteiger partial charge in [-0.05, 0) is 76.4 Å². The molecule has 0 aliphatic rings. The highest BCUT2D eigenvalue weighted by Crippen LogP contribution is 2.38. The van der Waals surface area contributed by atoms with Crippen LogP contribution in [0.15, 0.2) is 66.2 Å². The SMILES string of the molecule is CCC(=C(c1ccc(/C=C/C(=O)O)cc1)c1ccc2[nH]ncc2c1)c1sccc1C. The van der Waals surface area contributed by atoms with Gasteiger partial charge in [0, 0.05) is 16.3 Å². The normalized spacial score (nSPS) is 12.5. The van der Waals surface area contributed by atoms with E-state index in [9.17, 15) is 4.79 Å². The van der Waals surface area contributed by atoms with Crippen LogP contribution in [0.25, 0.3) is 28.1 Å². The van der Waals surface area contributed by atoms with Gasteiger partial charge in [0.1, 0.15) is 0 Å². The van der Waals surface area contributed by atoms with Crippen LogP contribution in [0.4, 0.5) is 0 Å². The van der Waals surface area contributed by atoms with Crippen LogP contribution in [0.5, 0.6) is 0 Å². The van der Waals surface area contributed by atoms with Crippen molar-refractivity contribution in [1.29, 1.82) is 0 Å². The van der Waals surface area contributed by atoms with Gasteiger partial charge in [-0.2, -0.15) is 5.10 Å². The maximum atomic E-state index is 10.8. The number of fused-ring (bicyclic) bond motifs is 1. The fourth-order valence-corrected chi connectivity index (χ4v) is 4.73. The van der Waals surface area contributed by atoms with Crippen molar-refractivity contribution in [3.05, 3.63) is 93.3 Å². The van der Waals surface area contributed by atoms with Crippen LogP contribution in [0.3, 0.4) is 0 Å². The molecule has 0 unspecified atom stereocenters. The molecule has 2 heterocycles. The van der Waals surface area contributed by atoms with Gasteiger partial charge in [0.2, 0.25) is 0 Å². The average molecular weight is 415 g/mol. The Bertz CT molecular complexity index is 1260. The molecule has 5 heteroatoms. The number of carboxylic acids is 1. The minimum Gasteiger partial charge on any atom is -0.478 e. The second-order valence-electron chi connectivity index (χ2n) is 7.11. The fourth-order valence-electron chi connectivity index (χ4n) is 3.67. The number of H-pyrrole nitrogens is 1. The van der Waals surface area contributed by atoms with Gasteiger partial charge in [-0.1, -0.05) is 37.3 Å². The molecule has 0 atom stereocenters. The Morgan fingerprint density at radius 2 is 1.90 bits per heavy atom. The van der Waals surface area contributed by atoms with Crippen LogP contribution in [0, 0.1) is 6.92 Å². The van der Waals surface area contributed by atoms with Gasteiger partial charge in [-0.3, -0.25) is 5.10 Å². The number of carbonyl (C=O) groups is 1. The van der Waals surface area contributed by atoms with Crippen LogP contribution in [-0.4, -0.2) is 21.3 Å². The van der Waals surface area contributed by atoms with Crippen LogP contribution in [-0.2, 0) is 4.79 Å². The van der Waals surface area contributed by atoms with E-state index in [2.05, 4.69) is 65.8 Å². The quantitative estimate of drug-likeness (QED) is 0.359. The number of carboxylic acid groups (broad SMARTS) is 1. The Hall–Kier alpha value is -3.44. The smallest absolute Gasteiger partial charge is 0.328 e. The van der Waals surface area contributed by atoms with E-state index in [0.29, 0.717) is 0 Å². The van der Waals surface area contributed by atoms with Gasteiger partial charge in [0.05, 0.1) is 11.7 Å². The summed E-state index contributed by atoms with van der Waals surface area (Å²) in [4.78, 5) is 12.1. The van der Waals surface area contributed by atoms with Crippen molar-refractivity contribution in [3.8, 4) is 0 Å². The first-order valence-electron chi connectivity index (χ1n) is 9.79. The zero-order valence-corrected chi connectivity index (χ0v) is 17.7. The molecule has 2 N–H and O–H groups in total. The van der Waals surface area contributed by atoms with E-state index in [1.807, 2.05) is 18.3 Å². The molecule has 0 amide bonds. The van der Waals surface area contributed by atoms with E-state index in [0.717, 1.165) is 40.1 Å². The Morgan fingerprint density at radius 3 is 2.57 bits per heavy atom. The van der Waals surface area contributed by atoms with E-state index in [-0.39, 0.29) is 0 Å². The topological polar surface area (TPSA) is 66.0 Å². The van der Waals surface area contributed by atoms with Gasteiger partial charge in [-0.15, -0.1) is 11.3 Å². The van der Waals surface area contributed by atoms with E-state index in [1.54, 1.807) is 17.4 Å². The van der Waals surface area contributed by atoms with E-state index in [4.69, 9.17) is 5.11 Å². The zero-order chi connectivity index (χ0) is 21.1. The number of thiophene rings is 1. The Labute approximate surface area is 179 Å². The van der Waals surface area contributed by atoms with Crippen LogP contribution < -0.4 is 0 Å². The van der Waals surface area contributed by atoms with Crippen molar-refractivity contribution in [3.63, 3.8) is 0 Å². The molecule has 0 saturated heterocycles. The molecule has 4 aromatic rings. The first kappa shape index (κ1) is 19.9. The molecule has 150 valence electrons. The number of aromatic nitrogens is 2. The average Bonchev–Trinajstić information content (AvgIpc) is 3.39. The number of allylic oxidation sites excluding steroid dienone is 1. The van der Waals surface area contributed by atoms with Gasteiger partial charge in [-0.25, -0.2) is 4.79 Å². The van der Waals surface area contributed by atoms with Gasteiger partial charge < -0.3 is 5.11 Å². The summed E-state index contributed by atoms with van der Waals surface area (Å²) in [6.07, 6.45) is 5.52. The number of hydrogen-bond donors (Lipinski definition) is 2. The molecule has 0 aliphatic heterocycles. The first-order valence-corrected chi connectivity index (χ1v) is 10.7. The molecule has 30 heavy (non-hydrogen) atoms. The summed E-state index contributed by atoms with van der Waals surface area (Å²) in [5.74, 6) is -0.950. The summed E-state index contributed by atoms with van der Waals surface area (Å²) in [5, 5.41) is 19.3. The fraction of sp³-hybridized carbons (Fsp3) is 0.120. The first-order chi connectivity index (χ1) is 14.6. The molecular formula is C25H22N2O2S. The zero-order valence-electron chi connectivity index (χ0n) is 16.8. The molecule has 2 aromatic carbocycles. The third-order valence-corrected chi connectivity index (χ3v) is 6.21. The number of aryl methyl sites for hydroxylation is 1. The van der Waals surface area contributed by atoms with Crippen molar-refractivity contribution in [2.75, 3.05) is 0 Å². The highest BCUT2D eigenvalue weighted by Gasteiger charge is 2.16. The Balaban J connectivity index is 1.90. The molecule has 0 radical (unpaired) electrons. The number of nitrogens with zero attached hydrogens (tertiary/aromatic N) is 1. The van der Waals surface area contributed by atoms with Crippen molar-refractivity contribution in [2.24, 2.45) is 0 Å². The molecule has 4 nitrogen and oxygen atoms in total. The number of rotatable bonds is 6. The van der Waals surface area contributed by atoms with E-state index >= 15 is 0 Å². The number of aliphatic carboxylic acids is 1. The highest BCUT2D eigenvalue weighted by atomic mass is 32.1. The second-order valence-corrected chi connectivity index (χ2v) is 8.02. The molecule has 2 aromatic heterocycles. The lowest BCUT2D eigenvalue weighted by molar-refractivity contribution is -0.131. The van der Waals surface area contributed by atoms with E-state index in [1.165, 1.54) is 21.6 Å². The van der Waals surface area contributed by atoms with Crippen LogP contribution in [0.2, 0.25) is 0 Å². The third-order valence-electron chi connectivity index (χ3n) is 5.14. The molecule has 0 bridgehead atoms. The monoisotopic (exact) mass is 414 g/mol. The summed E-state index contributed by atoms with van der Waals surface area (Å²) in [6, 6.07) is 16.6. The van der Waals surface area contributed by atoms with E-state index < -0.39 is 5.97 Å². The summed E-state index contributed by atoms with van der Waals surface area (Å²) >= 11 is 1.77. The van der Waals surface area contributed by atoms with Crippen molar-refractivity contribution in [2.45, 2.75) is 20.3 Å². The lowest BCUT2D eigenvalue weighted by Crippen LogP contribution is -1.95. The predicted molar refractivity (Wildman–Crippen MR) is 124 cm³/mol. The molecule has 4 rings (SSSR count). The number of hydrogen-bond acceptors (Lipinski definition) is 3. The van der Waals surface area contributed by atoms with Crippen molar-refractivity contribution < 1.29 is 9.90 Å². The largest absolute Gasteiger partial charge is 0.478 e. The molecule has 0 spiro atoms. The summed E-state index contributed by atoms with van der Waals surface area (Å²) < 4.78 is 0. The Morgan fingerprint density at radius 1 is 1.13 bits per heavy atom. The van der Waals surface area contributed by atoms with Crippen molar-refractivity contribution >= 4 is 45.4 Å². The third kappa shape index (κ3) is 3.98. The summed E-state index contributed by atoms with van der Waals surface area (Å²) in [7, 11) is 0. The standard InChI is InChI=1S/C25H22N2O2S/c1-3-21(25-16(2)12-13-30-25)24(19-9-10-22-20(14-19)15-26-27-22)18-7-4-17(5-8-18)6-11-23(28)29/h4-15H,3H2,1-2H3,(H,26,27)(H,28,29)/b11-6+,24-21?. The number of nitrogens with one attached hydrogen (secondary N) is 1. The Kier molecular flexibility index (Phi) is 5.63. The lowest BCUT2D eigenvalue weighted by atomic mass is 9.89. The number of aromatic amines is 1. The maximum Gasteiger partial charge on any atom is 0.328 e. The highest BCUT2D eigenvalue weighted by molar-refractivity contribution is 7.11. The predicted octanol–water partition coefficient (Wildman–Crippen LogP) is 6.40. The van der Waals surface area contributed by atoms with Crippen molar-refractivity contribution in [1.82, 2.24) is 10.2 Å². The summed E-state index contributed by atoms with van der Waals surface area (Å²) in [5.41, 5.74) is 7.89. The minimum atomic E-state index is -0.950. The second kappa shape index (κ2) is 8.51.